The van der Waals surface area contributed by atoms with Gasteiger partial charge in [-0.3, -0.25) is 9.59 Å². The van der Waals surface area contributed by atoms with Crippen LogP contribution in [-0.4, -0.2) is 35.0 Å². The largest absolute Gasteiger partial charge is 0.481 e. The van der Waals surface area contributed by atoms with E-state index in [0.717, 1.165) is 0 Å². The molecule has 1 saturated heterocycles. The van der Waals surface area contributed by atoms with Crippen LogP contribution in [0.1, 0.15) is 47.2 Å². The van der Waals surface area contributed by atoms with Crippen molar-refractivity contribution in [2.75, 3.05) is 18.1 Å². The molecule has 0 atom stereocenters. The minimum Gasteiger partial charge on any atom is -0.481 e. The molecule has 1 aromatic rings. The van der Waals surface area contributed by atoms with Gasteiger partial charge in [-0.05, 0) is 55.9 Å². The molecule has 0 aliphatic carbocycles. The number of benzene rings is 1. The highest BCUT2D eigenvalue weighted by Crippen LogP contribution is 2.43. The minimum atomic E-state index is -0.849. The van der Waals surface area contributed by atoms with Gasteiger partial charge in [0.2, 0.25) is 0 Å². The Morgan fingerprint density at radius 2 is 1.83 bits per heavy atom. The molecule has 2 N–H and O–H groups in total. The van der Waals surface area contributed by atoms with Crippen molar-refractivity contribution in [2.45, 2.75) is 31.3 Å². The van der Waals surface area contributed by atoms with E-state index >= 15 is 0 Å². The number of amides is 1. The first-order chi connectivity index (χ1) is 10.9. The van der Waals surface area contributed by atoms with Crippen LogP contribution >= 0.6 is 23.5 Å². The van der Waals surface area contributed by atoms with Crippen LogP contribution in [0, 0.1) is 5.41 Å². The van der Waals surface area contributed by atoms with Crippen LogP contribution in [0.3, 0.4) is 0 Å². The van der Waals surface area contributed by atoms with E-state index in [4.69, 9.17) is 5.11 Å². The van der Waals surface area contributed by atoms with Gasteiger partial charge in [0, 0.05) is 12.1 Å². The quantitative estimate of drug-likeness (QED) is 0.814. The lowest BCUT2D eigenvalue weighted by Crippen LogP contribution is -2.31. The Balaban J connectivity index is 1.86. The number of carboxylic acid groups (broad SMARTS) is 1. The lowest BCUT2D eigenvalue weighted by molar-refractivity contribution is -0.147. The second-order valence-electron chi connectivity index (χ2n) is 6.24. The fourth-order valence-electron chi connectivity index (χ4n) is 2.17. The van der Waals surface area contributed by atoms with Crippen LogP contribution in [0.25, 0.3) is 0 Å². The molecule has 1 heterocycles. The van der Waals surface area contributed by atoms with E-state index in [9.17, 15) is 9.59 Å². The molecule has 1 aliphatic heterocycles. The minimum absolute atomic E-state index is 0.151. The zero-order valence-corrected chi connectivity index (χ0v) is 15.1. The molecule has 1 amide bonds. The van der Waals surface area contributed by atoms with E-state index in [2.05, 4.69) is 5.32 Å². The van der Waals surface area contributed by atoms with Gasteiger partial charge in [-0.2, -0.15) is 0 Å². The fraction of sp³-hybridized carbons (Fsp3) is 0.529. The maximum Gasteiger partial charge on any atom is 0.309 e. The molecule has 6 heteroatoms. The maximum atomic E-state index is 12.1. The number of carbonyl (C=O) groups excluding carboxylic acids is 1. The highest BCUT2D eigenvalue weighted by Gasteiger charge is 2.26. The van der Waals surface area contributed by atoms with E-state index in [-0.39, 0.29) is 5.91 Å². The maximum absolute atomic E-state index is 12.1. The van der Waals surface area contributed by atoms with Crippen LogP contribution in [0.4, 0.5) is 0 Å². The van der Waals surface area contributed by atoms with Gasteiger partial charge in [0.15, 0.2) is 0 Å². The molecule has 0 spiro atoms. The third-order valence-electron chi connectivity index (χ3n) is 3.89. The third-order valence-corrected chi connectivity index (χ3v) is 6.90. The molecule has 0 aromatic heterocycles. The number of nitrogens with one attached hydrogen (secondary N) is 1. The molecule has 0 unspecified atom stereocenters. The van der Waals surface area contributed by atoms with Crippen LogP contribution in [0.5, 0.6) is 0 Å². The summed E-state index contributed by atoms with van der Waals surface area (Å²) in [5, 5.41) is 11.9. The van der Waals surface area contributed by atoms with Crippen LogP contribution in [0.2, 0.25) is 0 Å². The van der Waals surface area contributed by atoms with Gasteiger partial charge >= 0.3 is 5.97 Å². The van der Waals surface area contributed by atoms with Crippen molar-refractivity contribution in [2.24, 2.45) is 5.41 Å². The lowest BCUT2D eigenvalue weighted by Gasteiger charge is -2.21. The first-order valence-electron chi connectivity index (χ1n) is 7.75. The number of rotatable bonds is 6. The van der Waals surface area contributed by atoms with Gasteiger partial charge < -0.3 is 10.4 Å². The summed E-state index contributed by atoms with van der Waals surface area (Å²) in [5.41, 5.74) is 1.04. The lowest BCUT2D eigenvalue weighted by atomic mass is 9.90. The predicted octanol–water partition coefficient (Wildman–Crippen LogP) is 3.79. The Morgan fingerprint density at radius 1 is 1.22 bits per heavy atom. The molecule has 0 radical (unpaired) electrons. The molecule has 1 fully saturated rings. The van der Waals surface area contributed by atoms with Gasteiger partial charge in [-0.1, -0.05) is 12.1 Å². The molecular weight excluding hydrogens is 330 g/mol. The molecular formula is C17H23NO3S2. The second kappa shape index (κ2) is 8.11. The Bertz CT molecular complexity index is 551. The van der Waals surface area contributed by atoms with Crippen molar-refractivity contribution in [1.82, 2.24) is 5.32 Å². The molecule has 1 aromatic carbocycles. The molecule has 0 saturated carbocycles. The molecule has 4 nitrogen and oxygen atoms in total. The average molecular weight is 354 g/mol. The number of thioether (sulfide) groups is 2. The summed E-state index contributed by atoms with van der Waals surface area (Å²) in [5.74, 6) is 1.39. The van der Waals surface area contributed by atoms with Crippen molar-refractivity contribution in [3.8, 4) is 0 Å². The fourth-order valence-corrected chi connectivity index (χ4v) is 5.06. The van der Waals surface area contributed by atoms with Crippen molar-refractivity contribution < 1.29 is 14.7 Å². The Labute approximate surface area is 145 Å². The van der Waals surface area contributed by atoms with E-state index in [1.165, 1.54) is 23.5 Å². The summed E-state index contributed by atoms with van der Waals surface area (Å²) >= 11 is 3.91. The number of hydrogen-bond acceptors (Lipinski definition) is 4. The Kier molecular flexibility index (Phi) is 6.41. The standard InChI is InChI=1S/C17H23NO3S2/c1-17(2,16(20)21)8-9-18-14(19)12-4-6-13(7-5-12)15-22-10-3-11-23-15/h4-7,15H,3,8-11H2,1-2H3,(H,18,19)(H,20,21). The normalized spacial score (nSPS) is 16.1. The molecule has 0 bridgehead atoms. The van der Waals surface area contributed by atoms with Crippen molar-refractivity contribution in [3.05, 3.63) is 35.4 Å². The molecule has 126 valence electrons. The van der Waals surface area contributed by atoms with Gasteiger partial charge in [0.05, 0.1) is 10.00 Å². The summed E-state index contributed by atoms with van der Waals surface area (Å²) in [7, 11) is 0. The summed E-state index contributed by atoms with van der Waals surface area (Å²) in [4.78, 5) is 23.2. The van der Waals surface area contributed by atoms with Gasteiger partial charge in [-0.25, -0.2) is 0 Å². The van der Waals surface area contributed by atoms with Crippen LogP contribution < -0.4 is 5.32 Å². The summed E-state index contributed by atoms with van der Waals surface area (Å²) in [6.07, 6.45) is 1.67. The summed E-state index contributed by atoms with van der Waals surface area (Å²) in [6, 6.07) is 7.74. The van der Waals surface area contributed by atoms with Crippen molar-refractivity contribution in [1.29, 1.82) is 0 Å². The van der Waals surface area contributed by atoms with E-state index in [0.29, 0.717) is 23.1 Å². The van der Waals surface area contributed by atoms with Crippen LogP contribution in [-0.2, 0) is 4.79 Å². The van der Waals surface area contributed by atoms with E-state index < -0.39 is 11.4 Å². The highest BCUT2D eigenvalue weighted by atomic mass is 32.2. The van der Waals surface area contributed by atoms with E-state index in [1.54, 1.807) is 13.8 Å². The average Bonchev–Trinajstić information content (AvgIpc) is 2.55. The summed E-state index contributed by atoms with van der Waals surface area (Å²) < 4.78 is 0.470. The van der Waals surface area contributed by atoms with Crippen molar-refractivity contribution in [3.63, 3.8) is 0 Å². The van der Waals surface area contributed by atoms with Gasteiger partial charge in [0.25, 0.3) is 5.91 Å². The third kappa shape index (κ3) is 5.18. The van der Waals surface area contributed by atoms with Crippen LogP contribution in [0.15, 0.2) is 24.3 Å². The summed E-state index contributed by atoms with van der Waals surface area (Å²) in [6.45, 7) is 3.68. The highest BCUT2D eigenvalue weighted by molar-refractivity contribution is 8.16. The van der Waals surface area contributed by atoms with Gasteiger partial charge in [0.1, 0.15) is 0 Å². The Morgan fingerprint density at radius 3 is 2.39 bits per heavy atom. The zero-order chi connectivity index (χ0) is 16.9. The van der Waals surface area contributed by atoms with Crippen molar-refractivity contribution >= 4 is 35.4 Å². The van der Waals surface area contributed by atoms with E-state index in [1.807, 2.05) is 47.8 Å². The second-order valence-corrected chi connectivity index (χ2v) is 8.97. The number of carbonyl (C=O) groups is 2. The monoisotopic (exact) mass is 353 g/mol. The number of carboxylic acids is 1. The first-order valence-corrected chi connectivity index (χ1v) is 9.85. The SMILES string of the molecule is CC(C)(CCNC(=O)c1ccc(C2SCCCS2)cc1)C(=O)O. The molecule has 2 rings (SSSR count). The molecule has 1 aliphatic rings. The zero-order valence-electron chi connectivity index (χ0n) is 13.5. The molecule has 23 heavy (non-hydrogen) atoms. The number of hydrogen-bond donors (Lipinski definition) is 2. The van der Waals surface area contributed by atoms with Gasteiger partial charge in [-0.15, -0.1) is 23.5 Å². The Hall–Kier alpha value is -1.14. The smallest absolute Gasteiger partial charge is 0.309 e. The predicted molar refractivity (Wildman–Crippen MR) is 97.1 cm³/mol. The first kappa shape index (κ1) is 18.2. The topological polar surface area (TPSA) is 66.4 Å². The number of aliphatic carboxylic acids is 1.